The SMILES string of the molecule is O=C(O)C1CC2CCC1N2C(=O)Nc1ccc(Br)cc1Cl. The van der Waals surface area contributed by atoms with Crippen LogP contribution in [0.1, 0.15) is 19.3 Å². The van der Waals surface area contributed by atoms with Crippen molar-refractivity contribution in [1.82, 2.24) is 4.90 Å². The third-order valence-corrected chi connectivity index (χ3v) is 5.07. The van der Waals surface area contributed by atoms with E-state index in [2.05, 4.69) is 21.2 Å². The first-order valence-corrected chi connectivity index (χ1v) is 7.91. The summed E-state index contributed by atoms with van der Waals surface area (Å²) in [6.07, 6.45) is 2.17. The Kier molecular flexibility index (Phi) is 3.84. The van der Waals surface area contributed by atoms with E-state index in [0.29, 0.717) is 17.1 Å². The molecule has 0 spiro atoms. The molecule has 5 nitrogen and oxygen atoms in total. The van der Waals surface area contributed by atoms with E-state index in [1.165, 1.54) is 0 Å². The lowest BCUT2D eigenvalue weighted by atomic mass is 9.89. The topological polar surface area (TPSA) is 69.6 Å². The molecule has 1 aromatic rings. The Bertz CT molecular complexity index is 610. The highest BCUT2D eigenvalue weighted by Crippen LogP contribution is 2.42. The Morgan fingerprint density at radius 1 is 1.38 bits per heavy atom. The number of carboxylic acids is 1. The third kappa shape index (κ3) is 2.62. The van der Waals surface area contributed by atoms with E-state index in [-0.39, 0.29) is 18.1 Å². The predicted molar refractivity (Wildman–Crippen MR) is 82.6 cm³/mol. The van der Waals surface area contributed by atoms with Gasteiger partial charge in [0.15, 0.2) is 0 Å². The van der Waals surface area contributed by atoms with Crippen molar-refractivity contribution in [2.75, 3.05) is 5.32 Å². The van der Waals surface area contributed by atoms with Gasteiger partial charge in [-0.15, -0.1) is 0 Å². The summed E-state index contributed by atoms with van der Waals surface area (Å²) in [4.78, 5) is 25.3. The number of halogens is 2. The van der Waals surface area contributed by atoms with Gasteiger partial charge in [0.2, 0.25) is 0 Å². The number of hydrogen-bond acceptors (Lipinski definition) is 2. The number of nitrogens with one attached hydrogen (secondary N) is 1. The van der Waals surface area contributed by atoms with Gasteiger partial charge in [0.1, 0.15) is 0 Å². The highest BCUT2D eigenvalue weighted by Gasteiger charge is 2.51. The van der Waals surface area contributed by atoms with Gasteiger partial charge in [0.25, 0.3) is 0 Å². The van der Waals surface area contributed by atoms with Gasteiger partial charge in [0, 0.05) is 16.6 Å². The van der Waals surface area contributed by atoms with Crippen molar-refractivity contribution in [1.29, 1.82) is 0 Å². The summed E-state index contributed by atoms with van der Waals surface area (Å²) in [7, 11) is 0. The Balaban J connectivity index is 1.76. The zero-order valence-electron chi connectivity index (χ0n) is 11.1. The van der Waals surface area contributed by atoms with Gasteiger partial charge in [-0.1, -0.05) is 27.5 Å². The zero-order valence-corrected chi connectivity index (χ0v) is 13.4. The van der Waals surface area contributed by atoms with E-state index in [9.17, 15) is 14.7 Å². The number of carboxylic acid groups (broad SMARTS) is 1. The lowest BCUT2D eigenvalue weighted by molar-refractivity contribution is -0.142. The van der Waals surface area contributed by atoms with Crippen LogP contribution in [0, 0.1) is 5.92 Å². The molecule has 0 aliphatic carbocycles. The summed E-state index contributed by atoms with van der Waals surface area (Å²) in [6.45, 7) is 0. The summed E-state index contributed by atoms with van der Waals surface area (Å²) >= 11 is 9.40. The van der Waals surface area contributed by atoms with Gasteiger partial charge in [-0.25, -0.2) is 4.79 Å². The lowest BCUT2D eigenvalue weighted by Crippen LogP contribution is -2.40. The number of hydrogen-bond donors (Lipinski definition) is 2. The Labute approximate surface area is 135 Å². The molecule has 2 aliphatic rings. The predicted octanol–water partition coefficient (Wildman–Crippen LogP) is 3.57. The Hall–Kier alpha value is -1.27. The van der Waals surface area contributed by atoms with Crippen molar-refractivity contribution in [3.63, 3.8) is 0 Å². The van der Waals surface area contributed by atoms with Crippen molar-refractivity contribution >= 4 is 45.2 Å². The highest BCUT2D eigenvalue weighted by molar-refractivity contribution is 9.10. The molecule has 3 atom stereocenters. The average molecular weight is 374 g/mol. The molecular weight excluding hydrogens is 360 g/mol. The number of urea groups is 1. The highest BCUT2D eigenvalue weighted by atomic mass is 79.9. The molecule has 2 heterocycles. The molecule has 112 valence electrons. The number of benzene rings is 1. The normalized spacial score (nSPS) is 27.0. The van der Waals surface area contributed by atoms with Crippen molar-refractivity contribution in [2.24, 2.45) is 5.92 Å². The molecule has 7 heteroatoms. The largest absolute Gasteiger partial charge is 0.481 e. The first-order chi connectivity index (χ1) is 9.97. The summed E-state index contributed by atoms with van der Waals surface area (Å²) in [5.74, 6) is -1.27. The molecule has 2 aliphatic heterocycles. The molecule has 2 amide bonds. The smallest absolute Gasteiger partial charge is 0.322 e. The van der Waals surface area contributed by atoms with Crippen LogP contribution in [-0.2, 0) is 4.79 Å². The fourth-order valence-corrected chi connectivity index (χ4v) is 4.06. The van der Waals surface area contributed by atoms with Crippen LogP contribution in [0.4, 0.5) is 10.5 Å². The number of carbonyl (C=O) groups excluding carboxylic acids is 1. The molecule has 2 N–H and O–H groups in total. The van der Waals surface area contributed by atoms with Gasteiger partial charge in [-0.3, -0.25) is 4.79 Å². The van der Waals surface area contributed by atoms with Gasteiger partial charge in [-0.2, -0.15) is 0 Å². The summed E-state index contributed by atoms with van der Waals surface area (Å²) in [5.41, 5.74) is 0.531. The van der Waals surface area contributed by atoms with Crippen LogP contribution in [0.25, 0.3) is 0 Å². The maximum Gasteiger partial charge on any atom is 0.322 e. The van der Waals surface area contributed by atoms with Crippen LogP contribution >= 0.6 is 27.5 Å². The number of carbonyl (C=O) groups is 2. The fourth-order valence-electron chi connectivity index (χ4n) is 3.34. The molecule has 3 unspecified atom stereocenters. The Morgan fingerprint density at radius 2 is 2.14 bits per heavy atom. The van der Waals surface area contributed by atoms with Crippen LogP contribution in [-0.4, -0.2) is 34.1 Å². The van der Waals surface area contributed by atoms with Crippen molar-refractivity contribution < 1.29 is 14.7 Å². The van der Waals surface area contributed by atoms with Crippen LogP contribution in [0.2, 0.25) is 5.02 Å². The number of amides is 2. The van der Waals surface area contributed by atoms with E-state index in [4.69, 9.17) is 11.6 Å². The van der Waals surface area contributed by atoms with Crippen molar-refractivity contribution in [2.45, 2.75) is 31.3 Å². The molecule has 0 saturated carbocycles. The number of nitrogens with zero attached hydrogens (tertiary/aromatic N) is 1. The van der Waals surface area contributed by atoms with Crippen molar-refractivity contribution in [3.05, 3.63) is 27.7 Å². The molecule has 1 aromatic carbocycles. The van der Waals surface area contributed by atoms with Gasteiger partial charge >= 0.3 is 12.0 Å². The number of rotatable bonds is 2. The van der Waals surface area contributed by atoms with Gasteiger partial charge in [0.05, 0.1) is 16.6 Å². The maximum absolute atomic E-state index is 12.4. The monoisotopic (exact) mass is 372 g/mol. The summed E-state index contributed by atoms with van der Waals surface area (Å²) < 4.78 is 0.831. The molecule has 21 heavy (non-hydrogen) atoms. The van der Waals surface area contributed by atoms with E-state index < -0.39 is 11.9 Å². The summed E-state index contributed by atoms with van der Waals surface area (Å²) in [5, 5.41) is 12.4. The second-order valence-electron chi connectivity index (χ2n) is 5.44. The molecule has 2 bridgehead atoms. The minimum absolute atomic E-state index is 0.0188. The van der Waals surface area contributed by atoms with Crippen LogP contribution < -0.4 is 5.32 Å². The van der Waals surface area contributed by atoms with Gasteiger partial charge in [-0.05, 0) is 37.5 Å². The van der Waals surface area contributed by atoms with Crippen LogP contribution in [0.5, 0.6) is 0 Å². The summed E-state index contributed by atoms with van der Waals surface area (Å²) in [6, 6.07) is 4.76. The lowest BCUT2D eigenvalue weighted by Gasteiger charge is -2.23. The van der Waals surface area contributed by atoms with Crippen LogP contribution in [0.3, 0.4) is 0 Å². The van der Waals surface area contributed by atoms with Crippen LogP contribution in [0.15, 0.2) is 22.7 Å². The average Bonchev–Trinajstić information content (AvgIpc) is 2.99. The second-order valence-corrected chi connectivity index (χ2v) is 6.76. The molecule has 2 fully saturated rings. The molecular formula is C14H14BrClN2O3. The minimum Gasteiger partial charge on any atom is -0.481 e. The number of fused-ring (bicyclic) bond motifs is 2. The molecule has 3 rings (SSSR count). The first-order valence-electron chi connectivity index (χ1n) is 6.74. The Morgan fingerprint density at radius 3 is 2.76 bits per heavy atom. The fraction of sp³-hybridized carbons (Fsp3) is 0.429. The molecule has 0 radical (unpaired) electrons. The van der Waals surface area contributed by atoms with E-state index in [1.54, 1.807) is 23.1 Å². The van der Waals surface area contributed by atoms with Gasteiger partial charge < -0.3 is 15.3 Å². The first kappa shape index (κ1) is 14.7. The zero-order chi connectivity index (χ0) is 15.1. The maximum atomic E-state index is 12.4. The standard InChI is InChI=1S/C14H14BrClN2O3/c15-7-1-3-11(10(16)5-7)17-14(21)18-8-2-4-12(18)9(6-8)13(19)20/h1,3,5,8-9,12H,2,4,6H2,(H,17,21)(H,19,20). The quantitative estimate of drug-likeness (QED) is 0.832. The van der Waals surface area contributed by atoms with E-state index in [1.807, 2.05) is 0 Å². The molecule has 2 saturated heterocycles. The van der Waals surface area contributed by atoms with E-state index >= 15 is 0 Å². The van der Waals surface area contributed by atoms with E-state index in [0.717, 1.165) is 17.3 Å². The molecule has 0 aromatic heterocycles. The third-order valence-electron chi connectivity index (χ3n) is 4.26. The number of anilines is 1. The minimum atomic E-state index is -0.818. The van der Waals surface area contributed by atoms with Crippen molar-refractivity contribution in [3.8, 4) is 0 Å². The second kappa shape index (κ2) is 5.50. The number of aliphatic carboxylic acids is 1.